The van der Waals surface area contributed by atoms with Gasteiger partial charge in [0.25, 0.3) is 0 Å². The summed E-state index contributed by atoms with van der Waals surface area (Å²) in [5, 5.41) is 0. The van der Waals surface area contributed by atoms with Gasteiger partial charge in [0.15, 0.2) is 0 Å². The van der Waals surface area contributed by atoms with E-state index < -0.39 is 10.0 Å². The standard InChI is InChI=1S/C24H28N4O3S/c1-2-23-25-20-8-4-5-9-22(20)28(23)17-24(29)27-15-12-18-16-19(10-11-21(18)27)32(30,31)26-13-6-3-7-14-26/h4-5,8-11,16H,2-3,6-7,12-15,17H2,1H3. The zero-order valence-corrected chi connectivity index (χ0v) is 19.1. The zero-order valence-electron chi connectivity index (χ0n) is 18.3. The fourth-order valence-electron chi connectivity index (χ4n) is 4.84. The first kappa shape index (κ1) is 21.2. The van der Waals surface area contributed by atoms with Gasteiger partial charge in [-0.1, -0.05) is 25.5 Å². The summed E-state index contributed by atoms with van der Waals surface area (Å²) in [7, 11) is -3.48. The quantitative estimate of drug-likeness (QED) is 0.595. The van der Waals surface area contributed by atoms with Crippen LogP contribution in [0.4, 0.5) is 5.69 Å². The minimum atomic E-state index is -3.48. The molecule has 0 unspecified atom stereocenters. The van der Waals surface area contributed by atoms with Crippen LogP contribution in [0.5, 0.6) is 0 Å². The average molecular weight is 453 g/mol. The predicted octanol–water partition coefficient (Wildman–Crippen LogP) is 3.36. The number of aryl methyl sites for hydroxylation is 1. The number of benzene rings is 2. The van der Waals surface area contributed by atoms with E-state index in [1.807, 2.05) is 35.8 Å². The number of sulfonamides is 1. The van der Waals surface area contributed by atoms with Crippen LogP contribution >= 0.6 is 0 Å². The normalized spacial score (nSPS) is 17.1. The summed E-state index contributed by atoms with van der Waals surface area (Å²) < 4.78 is 29.7. The first-order valence-corrected chi connectivity index (χ1v) is 12.8. The second-order valence-corrected chi connectivity index (χ2v) is 10.4. The lowest BCUT2D eigenvalue weighted by Gasteiger charge is -2.26. The third-order valence-electron chi connectivity index (χ3n) is 6.54. The average Bonchev–Trinajstić information content (AvgIpc) is 3.40. The number of carbonyl (C=O) groups is 1. The molecular weight excluding hydrogens is 424 g/mol. The number of carbonyl (C=O) groups excluding carboxylic acids is 1. The van der Waals surface area contributed by atoms with Crippen molar-refractivity contribution in [3.05, 3.63) is 53.9 Å². The summed E-state index contributed by atoms with van der Waals surface area (Å²) in [5.74, 6) is 0.884. The molecule has 1 amide bonds. The van der Waals surface area contributed by atoms with E-state index in [-0.39, 0.29) is 12.5 Å². The molecule has 0 N–H and O–H groups in total. The molecule has 2 aliphatic heterocycles. The molecule has 1 aromatic heterocycles. The van der Waals surface area contributed by atoms with Gasteiger partial charge >= 0.3 is 0 Å². The lowest BCUT2D eigenvalue weighted by Crippen LogP contribution is -2.35. The summed E-state index contributed by atoms with van der Waals surface area (Å²) in [6.45, 7) is 4.00. The van der Waals surface area contributed by atoms with E-state index in [9.17, 15) is 13.2 Å². The highest BCUT2D eigenvalue weighted by Gasteiger charge is 2.30. The largest absolute Gasteiger partial charge is 0.318 e. The van der Waals surface area contributed by atoms with Crippen molar-refractivity contribution < 1.29 is 13.2 Å². The number of rotatable bonds is 5. The highest BCUT2D eigenvalue weighted by atomic mass is 32.2. The minimum absolute atomic E-state index is 0.00626. The third-order valence-corrected chi connectivity index (χ3v) is 8.44. The molecule has 3 heterocycles. The van der Waals surface area contributed by atoms with E-state index in [4.69, 9.17) is 0 Å². The van der Waals surface area contributed by atoms with Crippen molar-refractivity contribution in [2.75, 3.05) is 24.5 Å². The van der Waals surface area contributed by atoms with E-state index in [1.54, 1.807) is 27.4 Å². The lowest BCUT2D eigenvalue weighted by molar-refractivity contribution is -0.119. The van der Waals surface area contributed by atoms with Crippen LogP contribution in [-0.2, 0) is 34.2 Å². The van der Waals surface area contributed by atoms with Gasteiger partial charge in [0.2, 0.25) is 15.9 Å². The van der Waals surface area contributed by atoms with E-state index in [2.05, 4.69) is 4.98 Å². The van der Waals surface area contributed by atoms with Gasteiger partial charge in [0.05, 0.1) is 15.9 Å². The Morgan fingerprint density at radius 1 is 1.03 bits per heavy atom. The number of hydrogen-bond donors (Lipinski definition) is 0. The Morgan fingerprint density at radius 3 is 2.59 bits per heavy atom. The molecule has 5 rings (SSSR count). The molecular formula is C24H28N4O3S. The zero-order chi connectivity index (χ0) is 22.3. The maximum atomic E-state index is 13.3. The predicted molar refractivity (Wildman–Crippen MR) is 124 cm³/mol. The fourth-order valence-corrected chi connectivity index (χ4v) is 6.41. The Hall–Kier alpha value is -2.71. The summed E-state index contributed by atoms with van der Waals surface area (Å²) in [5.41, 5.74) is 3.59. The van der Waals surface area contributed by atoms with Gasteiger partial charge in [-0.2, -0.15) is 4.31 Å². The van der Waals surface area contributed by atoms with E-state index >= 15 is 0 Å². The Bertz CT molecular complexity index is 1280. The van der Waals surface area contributed by atoms with Crippen LogP contribution in [0.25, 0.3) is 11.0 Å². The molecule has 0 radical (unpaired) electrons. The SMILES string of the molecule is CCc1nc2ccccc2n1CC(=O)N1CCc2cc(S(=O)(=O)N3CCCCC3)ccc21. The topological polar surface area (TPSA) is 75.5 Å². The fraction of sp³-hybridized carbons (Fsp3) is 0.417. The Balaban J connectivity index is 1.40. The van der Waals surface area contributed by atoms with E-state index in [1.165, 1.54) is 0 Å². The van der Waals surface area contributed by atoms with Gasteiger partial charge in [-0.05, 0) is 55.2 Å². The van der Waals surface area contributed by atoms with Crippen LogP contribution in [0.1, 0.15) is 37.6 Å². The number of amides is 1. The molecule has 2 aliphatic rings. The van der Waals surface area contributed by atoms with Gasteiger partial charge in [-0.25, -0.2) is 13.4 Å². The van der Waals surface area contributed by atoms with Crippen molar-refractivity contribution >= 4 is 32.7 Å². The molecule has 1 fully saturated rings. The second-order valence-electron chi connectivity index (χ2n) is 8.51. The Labute approximate surface area is 188 Å². The number of imidazole rings is 1. The number of hydrogen-bond acceptors (Lipinski definition) is 4. The summed E-state index contributed by atoms with van der Waals surface area (Å²) in [6.07, 6.45) is 4.31. The van der Waals surface area contributed by atoms with Crippen LogP contribution in [-0.4, -0.2) is 47.8 Å². The smallest absolute Gasteiger partial charge is 0.247 e. The highest BCUT2D eigenvalue weighted by molar-refractivity contribution is 7.89. The van der Waals surface area contributed by atoms with Crippen molar-refractivity contribution in [2.45, 2.75) is 50.5 Å². The lowest BCUT2D eigenvalue weighted by atomic mass is 10.2. The molecule has 7 nitrogen and oxygen atoms in total. The number of aromatic nitrogens is 2. The molecule has 0 aliphatic carbocycles. The molecule has 1 saturated heterocycles. The number of fused-ring (bicyclic) bond motifs is 2. The van der Waals surface area contributed by atoms with Crippen molar-refractivity contribution in [2.24, 2.45) is 0 Å². The van der Waals surface area contributed by atoms with Crippen LogP contribution in [0.2, 0.25) is 0 Å². The maximum absolute atomic E-state index is 13.3. The van der Waals surface area contributed by atoms with Gasteiger partial charge in [0, 0.05) is 31.7 Å². The second kappa shape index (κ2) is 8.33. The molecule has 0 spiro atoms. The number of nitrogens with zero attached hydrogens (tertiary/aromatic N) is 4. The summed E-state index contributed by atoms with van der Waals surface area (Å²) in [4.78, 5) is 20.0. The highest BCUT2D eigenvalue weighted by Crippen LogP contribution is 2.32. The summed E-state index contributed by atoms with van der Waals surface area (Å²) in [6, 6.07) is 13.1. The molecule has 0 bridgehead atoms. The van der Waals surface area contributed by atoms with Gasteiger partial charge in [-0.3, -0.25) is 4.79 Å². The van der Waals surface area contributed by atoms with Gasteiger partial charge in [-0.15, -0.1) is 0 Å². The molecule has 8 heteroatoms. The minimum Gasteiger partial charge on any atom is -0.318 e. The number of anilines is 1. The van der Waals surface area contributed by atoms with Gasteiger partial charge < -0.3 is 9.47 Å². The summed E-state index contributed by atoms with van der Waals surface area (Å²) >= 11 is 0. The van der Waals surface area contributed by atoms with Crippen LogP contribution in [0, 0.1) is 0 Å². The van der Waals surface area contributed by atoms with Gasteiger partial charge in [0.1, 0.15) is 12.4 Å². The molecule has 2 aromatic carbocycles. The van der Waals surface area contributed by atoms with Crippen LogP contribution < -0.4 is 4.90 Å². The van der Waals surface area contributed by atoms with Crippen molar-refractivity contribution in [1.29, 1.82) is 0 Å². The van der Waals surface area contributed by atoms with Crippen molar-refractivity contribution in [1.82, 2.24) is 13.9 Å². The van der Waals surface area contributed by atoms with Crippen molar-refractivity contribution in [3.8, 4) is 0 Å². The van der Waals surface area contributed by atoms with Crippen molar-refractivity contribution in [3.63, 3.8) is 0 Å². The first-order valence-electron chi connectivity index (χ1n) is 11.4. The Kier molecular flexibility index (Phi) is 5.51. The molecule has 0 atom stereocenters. The molecule has 32 heavy (non-hydrogen) atoms. The maximum Gasteiger partial charge on any atom is 0.247 e. The van der Waals surface area contributed by atoms with Crippen LogP contribution in [0.15, 0.2) is 47.4 Å². The van der Waals surface area contributed by atoms with E-state index in [0.717, 1.165) is 53.8 Å². The molecule has 0 saturated carbocycles. The molecule has 168 valence electrons. The van der Waals surface area contributed by atoms with E-state index in [0.29, 0.717) is 31.0 Å². The number of para-hydroxylation sites is 2. The number of piperidine rings is 1. The first-order chi connectivity index (χ1) is 15.5. The third kappa shape index (κ3) is 3.61. The Morgan fingerprint density at radius 2 is 1.81 bits per heavy atom. The monoisotopic (exact) mass is 452 g/mol. The molecule has 3 aromatic rings. The van der Waals surface area contributed by atoms with Crippen LogP contribution in [0.3, 0.4) is 0 Å².